The Balaban J connectivity index is 1.79. The van der Waals surface area contributed by atoms with E-state index in [-0.39, 0.29) is 5.91 Å². The first-order valence-electron chi connectivity index (χ1n) is 6.54. The van der Waals surface area contributed by atoms with Crippen molar-refractivity contribution in [3.8, 4) is 0 Å². The monoisotopic (exact) mass is 282 g/mol. The SMILES string of the molecule is CNc1ccc(Cl)cc1C(=O)NCCOCC1CC1. The largest absolute Gasteiger partial charge is 0.387 e. The van der Waals surface area contributed by atoms with E-state index in [0.717, 1.165) is 18.2 Å². The summed E-state index contributed by atoms with van der Waals surface area (Å²) < 4.78 is 5.47. The molecule has 1 aliphatic rings. The molecule has 2 N–H and O–H groups in total. The van der Waals surface area contributed by atoms with Crippen molar-refractivity contribution in [3.63, 3.8) is 0 Å². The van der Waals surface area contributed by atoms with Gasteiger partial charge in [0, 0.05) is 30.9 Å². The number of anilines is 1. The molecule has 0 radical (unpaired) electrons. The number of hydrogen-bond acceptors (Lipinski definition) is 3. The fourth-order valence-electron chi connectivity index (χ4n) is 1.79. The molecule has 104 valence electrons. The van der Waals surface area contributed by atoms with Gasteiger partial charge in [-0.2, -0.15) is 0 Å². The normalized spacial score (nSPS) is 14.2. The fourth-order valence-corrected chi connectivity index (χ4v) is 1.96. The third kappa shape index (κ3) is 4.40. The molecular formula is C14H19ClN2O2. The van der Waals surface area contributed by atoms with E-state index in [2.05, 4.69) is 10.6 Å². The van der Waals surface area contributed by atoms with Crippen molar-refractivity contribution in [3.05, 3.63) is 28.8 Å². The highest BCUT2D eigenvalue weighted by Crippen LogP contribution is 2.28. The highest BCUT2D eigenvalue weighted by Gasteiger charge is 2.20. The Kier molecular flexibility index (Phi) is 5.05. The molecule has 1 aliphatic carbocycles. The molecule has 0 unspecified atom stereocenters. The van der Waals surface area contributed by atoms with Crippen LogP contribution >= 0.6 is 11.6 Å². The number of benzene rings is 1. The minimum absolute atomic E-state index is 0.137. The maximum absolute atomic E-state index is 12.0. The van der Waals surface area contributed by atoms with Gasteiger partial charge in [0.1, 0.15) is 0 Å². The second-order valence-corrected chi connectivity index (χ2v) is 5.15. The molecule has 1 saturated carbocycles. The lowest BCUT2D eigenvalue weighted by Gasteiger charge is -2.10. The predicted octanol–water partition coefficient (Wildman–Crippen LogP) is 2.54. The number of carbonyl (C=O) groups is 1. The van der Waals surface area contributed by atoms with Gasteiger partial charge in [-0.3, -0.25) is 4.79 Å². The summed E-state index contributed by atoms with van der Waals surface area (Å²) in [6, 6.07) is 5.21. The predicted molar refractivity (Wildman–Crippen MR) is 76.9 cm³/mol. The Morgan fingerprint density at radius 2 is 2.26 bits per heavy atom. The Bertz CT molecular complexity index is 447. The Labute approximate surface area is 118 Å². The topological polar surface area (TPSA) is 50.4 Å². The van der Waals surface area contributed by atoms with Crippen molar-refractivity contribution in [2.24, 2.45) is 5.92 Å². The number of carbonyl (C=O) groups excluding carboxylic acids is 1. The lowest BCUT2D eigenvalue weighted by molar-refractivity contribution is 0.0907. The molecule has 2 rings (SSSR count). The maximum Gasteiger partial charge on any atom is 0.253 e. The van der Waals surface area contributed by atoms with E-state index in [0.29, 0.717) is 23.7 Å². The molecule has 5 heteroatoms. The van der Waals surface area contributed by atoms with Gasteiger partial charge >= 0.3 is 0 Å². The first-order chi connectivity index (χ1) is 9.20. The van der Waals surface area contributed by atoms with Gasteiger partial charge in [-0.05, 0) is 37.0 Å². The third-order valence-electron chi connectivity index (χ3n) is 3.08. The van der Waals surface area contributed by atoms with E-state index in [9.17, 15) is 4.79 Å². The smallest absolute Gasteiger partial charge is 0.253 e. The molecule has 19 heavy (non-hydrogen) atoms. The van der Waals surface area contributed by atoms with Crippen molar-refractivity contribution in [2.75, 3.05) is 32.1 Å². The van der Waals surface area contributed by atoms with Crippen LogP contribution in [0.2, 0.25) is 5.02 Å². The standard InChI is InChI=1S/C14H19ClN2O2/c1-16-13-5-4-11(15)8-12(13)14(18)17-6-7-19-9-10-2-3-10/h4-5,8,10,16H,2-3,6-7,9H2,1H3,(H,17,18). The zero-order chi connectivity index (χ0) is 13.7. The Hall–Kier alpha value is -1.26. The molecule has 1 fully saturated rings. The minimum Gasteiger partial charge on any atom is -0.387 e. The van der Waals surface area contributed by atoms with Crippen LogP contribution in [0.4, 0.5) is 5.69 Å². The van der Waals surface area contributed by atoms with Crippen LogP contribution in [0.3, 0.4) is 0 Å². The summed E-state index contributed by atoms with van der Waals surface area (Å²) >= 11 is 5.91. The number of halogens is 1. The molecule has 1 amide bonds. The van der Waals surface area contributed by atoms with Crippen molar-refractivity contribution in [2.45, 2.75) is 12.8 Å². The number of rotatable bonds is 7. The summed E-state index contributed by atoms with van der Waals surface area (Å²) in [6.45, 7) is 1.88. The zero-order valence-corrected chi connectivity index (χ0v) is 11.8. The number of hydrogen-bond donors (Lipinski definition) is 2. The number of nitrogens with one attached hydrogen (secondary N) is 2. The van der Waals surface area contributed by atoms with Crippen molar-refractivity contribution in [1.82, 2.24) is 5.32 Å². The highest BCUT2D eigenvalue weighted by atomic mass is 35.5. The van der Waals surface area contributed by atoms with Gasteiger partial charge in [-0.25, -0.2) is 0 Å². The van der Waals surface area contributed by atoms with Crippen LogP contribution in [-0.2, 0) is 4.74 Å². The second-order valence-electron chi connectivity index (χ2n) is 4.71. The van der Waals surface area contributed by atoms with Crippen molar-refractivity contribution >= 4 is 23.2 Å². The minimum atomic E-state index is -0.137. The molecule has 0 aromatic heterocycles. The van der Waals surface area contributed by atoms with Gasteiger partial charge in [0.2, 0.25) is 0 Å². The maximum atomic E-state index is 12.0. The molecule has 0 spiro atoms. The van der Waals surface area contributed by atoms with Crippen molar-refractivity contribution in [1.29, 1.82) is 0 Å². The van der Waals surface area contributed by atoms with Crippen LogP contribution < -0.4 is 10.6 Å². The Morgan fingerprint density at radius 3 is 2.95 bits per heavy atom. The summed E-state index contributed by atoms with van der Waals surface area (Å²) in [6.07, 6.45) is 2.56. The van der Waals surface area contributed by atoms with Crippen LogP contribution in [-0.4, -0.2) is 32.7 Å². The molecular weight excluding hydrogens is 264 g/mol. The molecule has 0 bridgehead atoms. The van der Waals surface area contributed by atoms with Crippen LogP contribution in [0.25, 0.3) is 0 Å². The number of ether oxygens (including phenoxy) is 1. The van der Waals surface area contributed by atoms with E-state index in [1.807, 2.05) is 0 Å². The summed E-state index contributed by atoms with van der Waals surface area (Å²) in [7, 11) is 1.78. The lowest BCUT2D eigenvalue weighted by atomic mass is 10.1. The van der Waals surface area contributed by atoms with Gasteiger partial charge < -0.3 is 15.4 Å². The van der Waals surface area contributed by atoms with E-state index in [1.165, 1.54) is 12.8 Å². The molecule has 0 heterocycles. The van der Waals surface area contributed by atoms with Gasteiger partial charge in [-0.1, -0.05) is 11.6 Å². The van der Waals surface area contributed by atoms with Crippen LogP contribution in [0.5, 0.6) is 0 Å². The van der Waals surface area contributed by atoms with E-state index >= 15 is 0 Å². The number of amides is 1. The van der Waals surface area contributed by atoms with Gasteiger partial charge in [0.05, 0.1) is 12.2 Å². The summed E-state index contributed by atoms with van der Waals surface area (Å²) in [5.41, 5.74) is 1.32. The summed E-state index contributed by atoms with van der Waals surface area (Å²) in [5, 5.41) is 6.36. The van der Waals surface area contributed by atoms with Gasteiger partial charge in [0.25, 0.3) is 5.91 Å². The molecule has 1 aromatic carbocycles. The van der Waals surface area contributed by atoms with Gasteiger partial charge in [0.15, 0.2) is 0 Å². The summed E-state index contributed by atoms with van der Waals surface area (Å²) in [4.78, 5) is 12.0. The first-order valence-corrected chi connectivity index (χ1v) is 6.91. The van der Waals surface area contributed by atoms with E-state index < -0.39 is 0 Å². The lowest BCUT2D eigenvalue weighted by Crippen LogP contribution is -2.28. The average Bonchev–Trinajstić information content (AvgIpc) is 3.22. The fraction of sp³-hybridized carbons (Fsp3) is 0.500. The average molecular weight is 283 g/mol. The van der Waals surface area contributed by atoms with Crippen LogP contribution in [0.15, 0.2) is 18.2 Å². The molecule has 1 aromatic rings. The highest BCUT2D eigenvalue weighted by molar-refractivity contribution is 6.31. The molecule has 0 atom stereocenters. The van der Waals surface area contributed by atoms with E-state index in [1.54, 1.807) is 25.2 Å². The third-order valence-corrected chi connectivity index (χ3v) is 3.31. The van der Waals surface area contributed by atoms with Gasteiger partial charge in [-0.15, -0.1) is 0 Å². The van der Waals surface area contributed by atoms with Crippen molar-refractivity contribution < 1.29 is 9.53 Å². The van der Waals surface area contributed by atoms with Crippen LogP contribution in [0.1, 0.15) is 23.2 Å². The second kappa shape index (κ2) is 6.78. The molecule has 0 aliphatic heterocycles. The molecule has 4 nitrogen and oxygen atoms in total. The first kappa shape index (κ1) is 14.2. The zero-order valence-electron chi connectivity index (χ0n) is 11.0. The van der Waals surface area contributed by atoms with E-state index in [4.69, 9.17) is 16.3 Å². The Morgan fingerprint density at radius 1 is 1.47 bits per heavy atom. The summed E-state index contributed by atoms with van der Waals surface area (Å²) in [5.74, 6) is 0.612. The quantitative estimate of drug-likeness (QED) is 0.756. The van der Waals surface area contributed by atoms with Crippen LogP contribution in [0, 0.1) is 5.92 Å². The molecule has 0 saturated heterocycles.